The van der Waals surface area contributed by atoms with Crippen LogP contribution >= 0.6 is 15.9 Å². The maximum Gasteiger partial charge on any atom is 0.0377 e. The molecule has 1 saturated carbocycles. The highest BCUT2D eigenvalue weighted by molar-refractivity contribution is 9.10. The molecule has 1 nitrogen and oxygen atoms in total. The van der Waals surface area contributed by atoms with Gasteiger partial charge < -0.3 is 5.32 Å². The monoisotopic (exact) mass is 337 g/mol. The summed E-state index contributed by atoms with van der Waals surface area (Å²) in [5, 5.41) is 3.79. The van der Waals surface area contributed by atoms with Crippen LogP contribution < -0.4 is 5.32 Å². The first-order valence-electron chi connectivity index (χ1n) is 8.06. The Kier molecular flexibility index (Phi) is 5.68. The average molecular weight is 338 g/mol. The van der Waals surface area contributed by atoms with Crippen molar-refractivity contribution in [3.8, 4) is 0 Å². The predicted octanol–water partition coefficient (Wildman–Crippen LogP) is 5.71. The minimum Gasteiger partial charge on any atom is -0.310 e. The summed E-state index contributed by atoms with van der Waals surface area (Å²) in [7, 11) is 0. The van der Waals surface area contributed by atoms with Crippen LogP contribution in [0, 0.1) is 11.3 Å². The minimum atomic E-state index is 0.456. The van der Waals surface area contributed by atoms with E-state index in [9.17, 15) is 0 Å². The Hall–Kier alpha value is -0.340. The molecule has 20 heavy (non-hydrogen) atoms. The van der Waals surface area contributed by atoms with Crippen LogP contribution in [0.1, 0.15) is 64.5 Å². The van der Waals surface area contributed by atoms with Crippen molar-refractivity contribution in [3.63, 3.8) is 0 Å². The second-order valence-electron chi connectivity index (χ2n) is 6.71. The van der Waals surface area contributed by atoms with Crippen LogP contribution in [-0.2, 0) is 0 Å². The first-order chi connectivity index (χ1) is 9.57. The molecule has 1 aliphatic carbocycles. The van der Waals surface area contributed by atoms with E-state index >= 15 is 0 Å². The van der Waals surface area contributed by atoms with Crippen molar-refractivity contribution in [3.05, 3.63) is 34.3 Å². The van der Waals surface area contributed by atoms with E-state index in [-0.39, 0.29) is 0 Å². The Labute approximate surface area is 132 Å². The summed E-state index contributed by atoms with van der Waals surface area (Å²) >= 11 is 3.55. The van der Waals surface area contributed by atoms with Gasteiger partial charge in [-0.1, -0.05) is 61.7 Å². The van der Waals surface area contributed by atoms with Gasteiger partial charge in [-0.05, 0) is 54.8 Å². The van der Waals surface area contributed by atoms with Crippen LogP contribution in [0.2, 0.25) is 0 Å². The number of halogens is 1. The zero-order valence-corrected chi connectivity index (χ0v) is 14.7. The summed E-state index contributed by atoms with van der Waals surface area (Å²) < 4.78 is 1.17. The largest absolute Gasteiger partial charge is 0.310 e. The third-order valence-electron chi connectivity index (χ3n) is 4.64. The number of benzene rings is 1. The highest BCUT2D eigenvalue weighted by atomic mass is 79.9. The highest BCUT2D eigenvalue weighted by Gasteiger charge is 2.41. The predicted molar refractivity (Wildman–Crippen MR) is 90.9 cm³/mol. The van der Waals surface area contributed by atoms with Gasteiger partial charge in [-0.3, -0.25) is 0 Å². The summed E-state index contributed by atoms with van der Waals surface area (Å²) in [5.41, 5.74) is 1.91. The molecule has 1 atom stereocenters. The molecule has 0 amide bonds. The molecule has 0 bridgehead atoms. The van der Waals surface area contributed by atoms with Crippen molar-refractivity contribution >= 4 is 15.9 Å². The van der Waals surface area contributed by atoms with Gasteiger partial charge in [-0.25, -0.2) is 0 Å². The zero-order chi connectivity index (χ0) is 14.6. The van der Waals surface area contributed by atoms with E-state index in [0.717, 1.165) is 12.5 Å². The Morgan fingerprint density at radius 2 is 1.75 bits per heavy atom. The molecule has 1 unspecified atom stereocenters. The van der Waals surface area contributed by atoms with E-state index in [4.69, 9.17) is 0 Å². The van der Waals surface area contributed by atoms with Crippen molar-refractivity contribution in [2.75, 3.05) is 6.54 Å². The molecular formula is C18H28BrN. The Balaban J connectivity index is 2.31. The SMILES string of the molecule is CCNC(c1ccc(Br)cc1)C1(CC(C)C)CCCC1. The summed E-state index contributed by atoms with van der Waals surface area (Å²) in [6, 6.07) is 9.44. The van der Waals surface area contributed by atoms with E-state index in [0.29, 0.717) is 11.5 Å². The van der Waals surface area contributed by atoms with E-state index in [2.05, 4.69) is 66.3 Å². The normalized spacial score (nSPS) is 19.4. The molecule has 1 aliphatic rings. The van der Waals surface area contributed by atoms with E-state index in [1.165, 1.54) is 42.1 Å². The number of hydrogen-bond acceptors (Lipinski definition) is 1. The van der Waals surface area contributed by atoms with E-state index < -0.39 is 0 Å². The molecule has 2 heteroatoms. The lowest BCUT2D eigenvalue weighted by molar-refractivity contribution is 0.157. The number of hydrogen-bond donors (Lipinski definition) is 1. The van der Waals surface area contributed by atoms with Gasteiger partial charge in [0.15, 0.2) is 0 Å². The van der Waals surface area contributed by atoms with E-state index in [1.807, 2.05) is 0 Å². The standard InChI is InChI=1S/C18H28BrN/c1-4-20-17(15-7-9-16(19)10-8-15)18(13-14(2)3)11-5-6-12-18/h7-10,14,17,20H,4-6,11-13H2,1-3H3. The number of rotatable bonds is 6. The van der Waals surface area contributed by atoms with Gasteiger partial charge >= 0.3 is 0 Å². The van der Waals surface area contributed by atoms with Crippen LogP contribution in [0.25, 0.3) is 0 Å². The molecular weight excluding hydrogens is 310 g/mol. The highest BCUT2D eigenvalue weighted by Crippen LogP contribution is 2.51. The maximum absolute atomic E-state index is 3.79. The molecule has 1 fully saturated rings. The molecule has 1 aromatic rings. The molecule has 0 aliphatic heterocycles. The van der Waals surface area contributed by atoms with Crippen molar-refractivity contribution < 1.29 is 0 Å². The minimum absolute atomic E-state index is 0.456. The topological polar surface area (TPSA) is 12.0 Å². The van der Waals surface area contributed by atoms with E-state index in [1.54, 1.807) is 0 Å². The molecule has 1 aromatic carbocycles. The van der Waals surface area contributed by atoms with Gasteiger partial charge in [0, 0.05) is 10.5 Å². The summed E-state index contributed by atoms with van der Waals surface area (Å²) in [4.78, 5) is 0. The van der Waals surface area contributed by atoms with Crippen LogP contribution in [0.15, 0.2) is 28.7 Å². The van der Waals surface area contributed by atoms with Crippen LogP contribution in [-0.4, -0.2) is 6.54 Å². The zero-order valence-electron chi connectivity index (χ0n) is 13.1. The van der Waals surface area contributed by atoms with Crippen LogP contribution in [0.5, 0.6) is 0 Å². The Morgan fingerprint density at radius 3 is 2.25 bits per heavy atom. The van der Waals surface area contributed by atoms with Gasteiger partial charge in [-0.15, -0.1) is 0 Å². The first-order valence-corrected chi connectivity index (χ1v) is 8.85. The molecule has 0 aromatic heterocycles. The number of nitrogens with one attached hydrogen (secondary N) is 1. The van der Waals surface area contributed by atoms with Crippen LogP contribution in [0.4, 0.5) is 0 Å². The third kappa shape index (κ3) is 3.65. The fraction of sp³-hybridized carbons (Fsp3) is 0.667. The lowest BCUT2D eigenvalue weighted by Gasteiger charge is -2.40. The van der Waals surface area contributed by atoms with Gasteiger partial charge in [0.1, 0.15) is 0 Å². The molecule has 112 valence electrons. The Morgan fingerprint density at radius 1 is 1.15 bits per heavy atom. The van der Waals surface area contributed by atoms with Crippen molar-refractivity contribution in [2.24, 2.45) is 11.3 Å². The first kappa shape index (κ1) is 16.0. The molecule has 1 N–H and O–H groups in total. The molecule has 2 rings (SSSR count). The van der Waals surface area contributed by atoms with Crippen molar-refractivity contribution in [1.82, 2.24) is 5.32 Å². The van der Waals surface area contributed by atoms with Crippen LogP contribution in [0.3, 0.4) is 0 Å². The lowest BCUT2D eigenvalue weighted by Crippen LogP contribution is -2.37. The summed E-state index contributed by atoms with van der Waals surface area (Å²) in [6.45, 7) is 8.00. The van der Waals surface area contributed by atoms with Gasteiger partial charge in [0.2, 0.25) is 0 Å². The molecule has 0 radical (unpaired) electrons. The van der Waals surface area contributed by atoms with Crippen molar-refractivity contribution in [1.29, 1.82) is 0 Å². The van der Waals surface area contributed by atoms with Gasteiger partial charge in [0.05, 0.1) is 0 Å². The Bertz CT molecular complexity index is 404. The van der Waals surface area contributed by atoms with Gasteiger partial charge in [0.25, 0.3) is 0 Å². The third-order valence-corrected chi connectivity index (χ3v) is 5.17. The lowest BCUT2D eigenvalue weighted by atomic mass is 9.70. The molecule has 0 saturated heterocycles. The summed E-state index contributed by atoms with van der Waals surface area (Å²) in [6.07, 6.45) is 6.87. The fourth-order valence-electron chi connectivity index (χ4n) is 4.05. The quantitative estimate of drug-likeness (QED) is 0.701. The fourth-order valence-corrected chi connectivity index (χ4v) is 4.31. The smallest absolute Gasteiger partial charge is 0.0377 e. The van der Waals surface area contributed by atoms with Crippen molar-refractivity contribution in [2.45, 2.75) is 58.9 Å². The second-order valence-corrected chi connectivity index (χ2v) is 7.63. The maximum atomic E-state index is 3.79. The summed E-state index contributed by atoms with van der Waals surface area (Å²) in [5.74, 6) is 0.768. The second kappa shape index (κ2) is 7.09. The van der Waals surface area contributed by atoms with Gasteiger partial charge in [-0.2, -0.15) is 0 Å². The molecule has 0 spiro atoms. The average Bonchev–Trinajstić information content (AvgIpc) is 2.86. The molecule has 0 heterocycles.